The zero-order chi connectivity index (χ0) is 12.0. The van der Waals surface area contributed by atoms with Gasteiger partial charge in [0.2, 0.25) is 0 Å². The van der Waals surface area contributed by atoms with Crippen LogP contribution in [0, 0.1) is 0 Å². The van der Waals surface area contributed by atoms with E-state index in [1.807, 2.05) is 19.9 Å². The fraction of sp³-hybridized carbons (Fsp3) is 0.417. The summed E-state index contributed by atoms with van der Waals surface area (Å²) in [5.41, 5.74) is 0.511. The molecule has 0 spiro atoms. The van der Waals surface area contributed by atoms with Gasteiger partial charge >= 0.3 is 5.97 Å². The SMILES string of the molecule is CC(C)OCCOC(=O)c1cccc(S)c1. The van der Waals surface area contributed by atoms with E-state index in [0.29, 0.717) is 12.2 Å². The van der Waals surface area contributed by atoms with Crippen molar-refractivity contribution >= 4 is 18.6 Å². The van der Waals surface area contributed by atoms with E-state index in [-0.39, 0.29) is 18.7 Å². The highest BCUT2D eigenvalue weighted by Crippen LogP contribution is 2.09. The fourth-order valence-corrected chi connectivity index (χ4v) is 1.36. The monoisotopic (exact) mass is 240 g/mol. The first-order valence-electron chi connectivity index (χ1n) is 5.17. The highest BCUT2D eigenvalue weighted by molar-refractivity contribution is 7.80. The summed E-state index contributed by atoms with van der Waals surface area (Å²) in [5.74, 6) is -0.344. The standard InChI is InChI=1S/C12H16O3S/c1-9(2)14-6-7-15-12(13)10-4-3-5-11(16)8-10/h3-5,8-9,16H,6-7H2,1-2H3. The van der Waals surface area contributed by atoms with Crippen LogP contribution in [-0.2, 0) is 9.47 Å². The van der Waals surface area contributed by atoms with Crippen molar-refractivity contribution in [2.24, 2.45) is 0 Å². The molecule has 0 saturated carbocycles. The number of rotatable bonds is 5. The molecule has 3 nitrogen and oxygen atoms in total. The molecule has 1 aromatic rings. The summed E-state index contributed by atoms with van der Waals surface area (Å²) in [6, 6.07) is 6.95. The number of thiol groups is 1. The lowest BCUT2D eigenvalue weighted by Crippen LogP contribution is -2.13. The van der Waals surface area contributed by atoms with E-state index in [1.54, 1.807) is 18.2 Å². The molecule has 1 aromatic carbocycles. The van der Waals surface area contributed by atoms with Crippen molar-refractivity contribution in [3.8, 4) is 0 Å². The number of esters is 1. The Morgan fingerprint density at radius 2 is 2.12 bits per heavy atom. The Labute approximate surface area is 101 Å². The molecule has 0 N–H and O–H groups in total. The molecule has 1 rings (SSSR count). The van der Waals surface area contributed by atoms with Crippen LogP contribution in [0.5, 0.6) is 0 Å². The van der Waals surface area contributed by atoms with Crippen molar-refractivity contribution in [1.82, 2.24) is 0 Å². The Morgan fingerprint density at radius 1 is 1.38 bits per heavy atom. The fourth-order valence-electron chi connectivity index (χ4n) is 1.13. The van der Waals surface area contributed by atoms with Crippen molar-refractivity contribution in [2.75, 3.05) is 13.2 Å². The van der Waals surface area contributed by atoms with E-state index >= 15 is 0 Å². The lowest BCUT2D eigenvalue weighted by molar-refractivity contribution is 0.0177. The second kappa shape index (κ2) is 6.55. The topological polar surface area (TPSA) is 35.5 Å². The zero-order valence-electron chi connectivity index (χ0n) is 9.47. The number of hydrogen-bond acceptors (Lipinski definition) is 4. The first kappa shape index (κ1) is 13.1. The van der Waals surface area contributed by atoms with Crippen LogP contribution in [0.25, 0.3) is 0 Å². The summed E-state index contributed by atoms with van der Waals surface area (Å²) in [5, 5.41) is 0. The third-order valence-corrected chi connectivity index (χ3v) is 2.13. The average molecular weight is 240 g/mol. The van der Waals surface area contributed by atoms with E-state index in [2.05, 4.69) is 12.6 Å². The van der Waals surface area contributed by atoms with E-state index in [1.165, 1.54) is 0 Å². The van der Waals surface area contributed by atoms with Gasteiger partial charge in [0.05, 0.1) is 18.3 Å². The van der Waals surface area contributed by atoms with Gasteiger partial charge in [-0.15, -0.1) is 12.6 Å². The van der Waals surface area contributed by atoms with Crippen LogP contribution in [0.15, 0.2) is 29.2 Å². The predicted molar refractivity (Wildman–Crippen MR) is 65.1 cm³/mol. The minimum atomic E-state index is -0.344. The summed E-state index contributed by atoms with van der Waals surface area (Å²) in [4.78, 5) is 12.3. The summed E-state index contributed by atoms with van der Waals surface area (Å²) in [7, 11) is 0. The predicted octanol–water partition coefficient (Wildman–Crippen LogP) is 2.56. The Morgan fingerprint density at radius 3 is 2.75 bits per heavy atom. The van der Waals surface area contributed by atoms with Crippen molar-refractivity contribution < 1.29 is 14.3 Å². The van der Waals surface area contributed by atoms with Crippen molar-refractivity contribution in [3.63, 3.8) is 0 Å². The molecule has 0 aliphatic heterocycles. The molecule has 88 valence electrons. The van der Waals surface area contributed by atoms with E-state index in [4.69, 9.17) is 9.47 Å². The second-order valence-corrected chi connectivity index (χ2v) is 4.12. The lowest BCUT2D eigenvalue weighted by Gasteiger charge is -2.08. The highest BCUT2D eigenvalue weighted by Gasteiger charge is 2.06. The molecule has 0 aliphatic carbocycles. The average Bonchev–Trinajstić information content (AvgIpc) is 2.24. The molecule has 16 heavy (non-hydrogen) atoms. The molecule has 0 unspecified atom stereocenters. The van der Waals surface area contributed by atoms with Crippen LogP contribution in [0.1, 0.15) is 24.2 Å². The number of carbonyl (C=O) groups is 1. The van der Waals surface area contributed by atoms with Gasteiger partial charge in [-0.3, -0.25) is 0 Å². The van der Waals surface area contributed by atoms with Crippen molar-refractivity contribution in [2.45, 2.75) is 24.8 Å². The van der Waals surface area contributed by atoms with Crippen molar-refractivity contribution in [1.29, 1.82) is 0 Å². The van der Waals surface area contributed by atoms with Gasteiger partial charge < -0.3 is 9.47 Å². The molecule has 0 saturated heterocycles. The quantitative estimate of drug-likeness (QED) is 0.488. The summed E-state index contributed by atoms with van der Waals surface area (Å²) in [6.45, 7) is 4.57. The molecule has 0 aromatic heterocycles. The minimum absolute atomic E-state index is 0.152. The molecule has 0 aliphatic rings. The van der Waals surface area contributed by atoms with Gasteiger partial charge in [0.25, 0.3) is 0 Å². The van der Waals surface area contributed by atoms with Crippen LogP contribution < -0.4 is 0 Å². The Bertz CT molecular complexity index is 350. The maximum absolute atomic E-state index is 11.5. The molecule has 0 amide bonds. The van der Waals surface area contributed by atoms with E-state index < -0.39 is 0 Å². The largest absolute Gasteiger partial charge is 0.460 e. The number of hydrogen-bond donors (Lipinski definition) is 1. The van der Waals surface area contributed by atoms with Crippen LogP contribution in [-0.4, -0.2) is 25.3 Å². The van der Waals surface area contributed by atoms with Crippen molar-refractivity contribution in [3.05, 3.63) is 29.8 Å². The molecular formula is C12H16O3S. The number of ether oxygens (including phenoxy) is 2. The molecule has 0 heterocycles. The maximum Gasteiger partial charge on any atom is 0.338 e. The maximum atomic E-state index is 11.5. The zero-order valence-corrected chi connectivity index (χ0v) is 10.4. The summed E-state index contributed by atoms with van der Waals surface area (Å²) in [6.07, 6.45) is 0.152. The van der Waals surface area contributed by atoms with Gasteiger partial charge in [0, 0.05) is 4.90 Å². The normalized spacial score (nSPS) is 10.5. The van der Waals surface area contributed by atoms with Crippen LogP contribution >= 0.6 is 12.6 Å². The molecule has 0 bridgehead atoms. The minimum Gasteiger partial charge on any atom is -0.460 e. The van der Waals surface area contributed by atoms with Crippen LogP contribution in [0.2, 0.25) is 0 Å². The van der Waals surface area contributed by atoms with Gasteiger partial charge in [-0.25, -0.2) is 4.79 Å². The second-order valence-electron chi connectivity index (χ2n) is 3.61. The first-order valence-corrected chi connectivity index (χ1v) is 5.62. The van der Waals surface area contributed by atoms with Crippen LogP contribution in [0.3, 0.4) is 0 Å². The number of carbonyl (C=O) groups excluding carboxylic acids is 1. The summed E-state index contributed by atoms with van der Waals surface area (Å²) >= 11 is 4.15. The van der Waals surface area contributed by atoms with Gasteiger partial charge in [-0.2, -0.15) is 0 Å². The number of benzene rings is 1. The third-order valence-electron chi connectivity index (χ3n) is 1.85. The highest BCUT2D eigenvalue weighted by atomic mass is 32.1. The lowest BCUT2D eigenvalue weighted by atomic mass is 10.2. The third kappa shape index (κ3) is 4.68. The first-order chi connectivity index (χ1) is 7.59. The smallest absolute Gasteiger partial charge is 0.338 e. The Balaban J connectivity index is 2.35. The summed E-state index contributed by atoms with van der Waals surface area (Å²) < 4.78 is 10.3. The van der Waals surface area contributed by atoms with Gasteiger partial charge in [0.1, 0.15) is 6.61 Å². The molecule has 0 fully saturated rings. The van der Waals surface area contributed by atoms with E-state index in [0.717, 1.165) is 4.90 Å². The molecule has 4 heteroatoms. The van der Waals surface area contributed by atoms with E-state index in [9.17, 15) is 4.79 Å². The van der Waals surface area contributed by atoms with Gasteiger partial charge in [-0.1, -0.05) is 6.07 Å². The van der Waals surface area contributed by atoms with Gasteiger partial charge in [0.15, 0.2) is 0 Å². The Kier molecular flexibility index (Phi) is 5.35. The molecular weight excluding hydrogens is 224 g/mol. The van der Waals surface area contributed by atoms with Gasteiger partial charge in [-0.05, 0) is 32.0 Å². The molecule has 0 atom stereocenters. The van der Waals surface area contributed by atoms with Crippen LogP contribution in [0.4, 0.5) is 0 Å². The molecule has 0 radical (unpaired) electrons. The Hall–Kier alpha value is -1.00.